The van der Waals surface area contributed by atoms with Gasteiger partial charge in [-0.15, -0.1) is 11.3 Å². The molecule has 0 radical (unpaired) electrons. The van der Waals surface area contributed by atoms with Crippen molar-refractivity contribution < 1.29 is 13.2 Å². The van der Waals surface area contributed by atoms with Gasteiger partial charge in [-0.3, -0.25) is 0 Å². The average Bonchev–Trinajstić information content (AvgIpc) is 2.86. The fraction of sp³-hybridized carbons (Fsp3) is 0.667. The highest BCUT2D eigenvalue weighted by Gasteiger charge is 2.23. The molecule has 2 N–H and O–H groups in total. The van der Waals surface area contributed by atoms with Gasteiger partial charge in [-0.2, -0.15) is 0 Å². The van der Waals surface area contributed by atoms with Gasteiger partial charge in [-0.1, -0.05) is 6.92 Å². The third kappa shape index (κ3) is 4.25. The molecular weight excluding hydrogens is 284 g/mol. The maximum Gasteiger partial charge on any atom is 0.250 e. The summed E-state index contributed by atoms with van der Waals surface area (Å²) in [6, 6.07) is 3.54. The minimum Gasteiger partial charge on any atom is -0.381 e. The van der Waals surface area contributed by atoms with Gasteiger partial charge in [0.15, 0.2) is 0 Å². The zero-order valence-electron chi connectivity index (χ0n) is 11.0. The highest BCUT2D eigenvalue weighted by atomic mass is 32.2. The summed E-state index contributed by atoms with van der Waals surface area (Å²) >= 11 is 1.32. The van der Waals surface area contributed by atoms with Gasteiger partial charge in [-0.05, 0) is 31.5 Å². The van der Waals surface area contributed by atoms with Crippen LogP contribution in [0.1, 0.15) is 24.6 Å². The quantitative estimate of drug-likeness (QED) is 0.832. The Morgan fingerprint density at radius 3 is 2.79 bits per heavy atom. The summed E-state index contributed by atoms with van der Waals surface area (Å²) in [6.07, 6.45) is 1.49. The molecule has 1 fully saturated rings. The number of hydrogen-bond donors (Lipinski definition) is 2. The van der Waals surface area contributed by atoms with Crippen LogP contribution < -0.4 is 10.0 Å². The topological polar surface area (TPSA) is 67.4 Å². The minimum absolute atomic E-state index is 0.00179. The largest absolute Gasteiger partial charge is 0.381 e. The molecule has 0 aliphatic carbocycles. The average molecular weight is 304 g/mol. The Kier molecular flexibility index (Phi) is 5.35. The van der Waals surface area contributed by atoms with E-state index in [1.807, 2.05) is 13.0 Å². The molecule has 1 aromatic rings. The highest BCUT2D eigenvalue weighted by molar-refractivity contribution is 7.91. The van der Waals surface area contributed by atoms with Crippen molar-refractivity contribution in [3.05, 3.63) is 17.0 Å². The lowest BCUT2D eigenvalue weighted by Gasteiger charge is -2.22. The number of nitrogens with one attached hydrogen (secondary N) is 2. The van der Waals surface area contributed by atoms with Crippen LogP contribution in [-0.4, -0.2) is 34.2 Å². The molecule has 5 nitrogen and oxygen atoms in total. The molecule has 19 heavy (non-hydrogen) atoms. The van der Waals surface area contributed by atoms with Crippen molar-refractivity contribution in [2.75, 3.05) is 19.8 Å². The maximum absolute atomic E-state index is 12.2. The van der Waals surface area contributed by atoms with E-state index in [0.29, 0.717) is 24.0 Å². The third-order valence-corrected chi connectivity index (χ3v) is 6.09. The van der Waals surface area contributed by atoms with E-state index in [1.165, 1.54) is 11.3 Å². The predicted molar refractivity (Wildman–Crippen MR) is 75.9 cm³/mol. The standard InChI is InChI=1S/C12H20N2O3S2/c1-2-13-9-11-3-4-12(18-11)19(15,16)14-10-5-7-17-8-6-10/h3-4,10,13-14H,2,5-9H2,1H3. The second-order valence-electron chi connectivity index (χ2n) is 4.51. The molecule has 0 unspecified atom stereocenters. The van der Waals surface area contributed by atoms with Gasteiger partial charge in [0.25, 0.3) is 0 Å². The predicted octanol–water partition coefficient (Wildman–Crippen LogP) is 1.31. The summed E-state index contributed by atoms with van der Waals surface area (Å²) < 4.78 is 32.8. The third-order valence-electron chi connectivity index (χ3n) is 2.99. The zero-order chi connectivity index (χ0) is 13.7. The van der Waals surface area contributed by atoms with Crippen LogP contribution in [0.15, 0.2) is 16.3 Å². The van der Waals surface area contributed by atoms with E-state index in [2.05, 4.69) is 10.0 Å². The number of sulfonamides is 1. The molecule has 108 valence electrons. The molecule has 0 amide bonds. The molecule has 1 aromatic heterocycles. The second kappa shape index (κ2) is 6.81. The number of rotatable bonds is 6. The molecule has 1 aliphatic heterocycles. The summed E-state index contributed by atoms with van der Waals surface area (Å²) in [7, 11) is -3.38. The van der Waals surface area contributed by atoms with Crippen molar-refractivity contribution in [2.24, 2.45) is 0 Å². The van der Waals surface area contributed by atoms with Crippen molar-refractivity contribution in [3.63, 3.8) is 0 Å². The first-order valence-corrected chi connectivity index (χ1v) is 8.81. The number of hydrogen-bond acceptors (Lipinski definition) is 5. The van der Waals surface area contributed by atoms with Crippen LogP contribution in [-0.2, 0) is 21.3 Å². The molecule has 0 spiro atoms. The van der Waals surface area contributed by atoms with Crippen LogP contribution in [0.3, 0.4) is 0 Å². The number of thiophene rings is 1. The summed E-state index contributed by atoms with van der Waals surface area (Å²) in [4.78, 5) is 1.04. The van der Waals surface area contributed by atoms with E-state index >= 15 is 0 Å². The first-order valence-electron chi connectivity index (χ1n) is 6.51. The van der Waals surface area contributed by atoms with Crippen LogP contribution in [0.2, 0.25) is 0 Å². The summed E-state index contributed by atoms with van der Waals surface area (Å²) in [5, 5.41) is 3.19. The van der Waals surface area contributed by atoms with Crippen molar-refractivity contribution in [1.29, 1.82) is 0 Å². The van der Waals surface area contributed by atoms with E-state index in [4.69, 9.17) is 4.74 Å². The Balaban J connectivity index is 1.99. The Hall–Kier alpha value is -0.470. The van der Waals surface area contributed by atoms with Crippen LogP contribution >= 0.6 is 11.3 Å². The van der Waals surface area contributed by atoms with E-state index < -0.39 is 10.0 Å². The molecular formula is C12H20N2O3S2. The van der Waals surface area contributed by atoms with E-state index in [1.54, 1.807) is 6.07 Å². The monoisotopic (exact) mass is 304 g/mol. The Bertz CT molecular complexity index is 493. The summed E-state index contributed by atoms with van der Waals surface area (Å²) in [5.74, 6) is 0. The van der Waals surface area contributed by atoms with E-state index in [9.17, 15) is 8.42 Å². The smallest absolute Gasteiger partial charge is 0.250 e. The minimum atomic E-state index is -3.38. The van der Waals surface area contributed by atoms with Gasteiger partial charge in [0, 0.05) is 30.7 Å². The molecule has 0 aromatic carbocycles. The van der Waals surface area contributed by atoms with Crippen LogP contribution in [0.5, 0.6) is 0 Å². The van der Waals surface area contributed by atoms with Gasteiger partial charge in [0.1, 0.15) is 4.21 Å². The van der Waals surface area contributed by atoms with Crippen molar-refractivity contribution >= 4 is 21.4 Å². The normalized spacial score (nSPS) is 17.7. The molecule has 2 rings (SSSR count). The molecule has 2 heterocycles. The van der Waals surface area contributed by atoms with Crippen LogP contribution in [0.25, 0.3) is 0 Å². The van der Waals surface area contributed by atoms with Gasteiger partial charge in [0.2, 0.25) is 10.0 Å². The Labute approximate surface area is 118 Å². The molecule has 1 aliphatic rings. The first kappa shape index (κ1) is 14.9. The fourth-order valence-corrected chi connectivity index (χ4v) is 4.59. The molecule has 7 heteroatoms. The second-order valence-corrected chi connectivity index (χ2v) is 7.62. The zero-order valence-corrected chi connectivity index (χ0v) is 12.6. The van der Waals surface area contributed by atoms with Gasteiger partial charge in [-0.25, -0.2) is 13.1 Å². The molecule has 0 saturated carbocycles. The lowest BCUT2D eigenvalue weighted by molar-refractivity contribution is 0.0832. The molecule has 0 atom stereocenters. The fourth-order valence-electron chi connectivity index (χ4n) is 1.94. The van der Waals surface area contributed by atoms with Crippen molar-refractivity contribution in [1.82, 2.24) is 10.0 Å². The molecule has 1 saturated heterocycles. The van der Waals surface area contributed by atoms with Crippen molar-refractivity contribution in [2.45, 2.75) is 36.6 Å². The highest BCUT2D eigenvalue weighted by Crippen LogP contribution is 2.22. The van der Waals surface area contributed by atoms with Crippen molar-refractivity contribution in [3.8, 4) is 0 Å². The van der Waals surface area contributed by atoms with Crippen LogP contribution in [0, 0.1) is 0 Å². The van der Waals surface area contributed by atoms with E-state index in [0.717, 1.165) is 24.3 Å². The lowest BCUT2D eigenvalue weighted by Crippen LogP contribution is -2.38. The van der Waals surface area contributed by atoms with Gasteiger partial charge >= 0.3 is 0 Å². The molecule has 0 bridgehead atoms. The Morgan fingerprint density at radius 1 is 1.37 bits per heavy atom. The van der Waals surface area contributed by atoms with Gasteiger partial charge in [0.05, 0.1) is 0 Å². The number of ether oxygens (including phenoxy) is 1. The van der Waals surface area contributed by atoms with Gasteiger partial charge < -0.3 is 10.1 Å². The van der Waals surface area contributed by atoms with Crippen LogP contribution in [0.4, 0.5) is 0 Å². The maximum atomic E-state index is 12.2. The van der Waals surface area contributed by atoms with E-state index in [-0.39, 0.29) is 6.04 Å². The Morgan fingerprint density at radius 2 is 2.11 bits per heavy atom. The summed E-state index contributed by atoms with van der Waals surface area (Å²) in [5.41, 5.74) is 0. The summed E-state index contributed by atoms with van der Waals surface area (Å²) in [6.45, 7) is 4.87. The first-order chi connectivity index (χ1) is 9.12. The lowest BCUT2D eigenvalue weighted by atomic mass is 10.1. The SMILES string of the molecule is CCNCc1ccc(S(=O)(=O)NC2CCOCC2)s1.